The smallest absolute Gasteiger partial charge is 0.0208 e. The Kier molecular flexibility index (Phi) is 2.66. The third kappa shape index (κ3) is 1.72. The van der Waals surface area contributed by atoms with Crippen molar-refractivity contribution in [2.24, 2.45) is 0 Å². The lowest BCUT2D eigenvalue weighted by Crippen LogP contribution is -2.30. The summed E-state index contributed by atoms with van der Waals surface area (Å²) in [5, 5.41) is 0. The summed E-state index contributed by atoms with van der Waals surface area (Å²) in [6, 6.07) is 9.28. The molecule has 0 fully saturated rings. The first-order valence-electron chi connectivity index (χ1n) is 5.55. The van der Waals surface area contributed by atoms with E-state index < -0.39 is 0 Å². The molecule has 0 aromatic heterocycles. The Morgan fingerprint density at radius 3 is 2.53 bits per heavy atom. The second-order valence-corrected chi connectivity index (χ2v) is 4.70. The lowest BCUT2D eigenvalue weighted by atomic mass is 9.89. The van der Waals surface area contributed by atoms with Crippen molar-refractivity contribution in [1.29, 1.82) is 0 Å². The van der Waals surface area contributed by atoms with Gasteiger partial charge in [-0.2, -0.15) is 0 Å². The number of hydrogen-bond acceptors (Lipinski definition) is 1. The maximum Gasteiger partial charge on any atom is 0.0208 e. The van der Waals surface area contributed by atoms with Gasteiger partial charge in [0.2, 0.25) is 0 Å². The predicted molar refractivity (Wildman–Crippen MR) is 66.0 cm³/mol. The number of nitrogens with zero attached hydrogens (tertiary/aromatic N) is 1. The Bertz CT molecular complexity index is 390. The summed E-state index contributed by atoms with van der Waals surface area (Å²) in [5.41, 5.74) is 4.36. The molecule has 2 rings (SSSR count). The summed E-state index contributed by atoms with van der Waals surface area (Å²) in [6.07, 6.45) is 2.32. The first-order chi connectivity index (χ1) is 7.11. The van der Waals surface area contributed by atoms with Gasteiger partial charge in [0.05, 0.1) is 0 Å². The van der Waals surface area contributed by atoms with Crippen LogP contribution in [0.15, 0.2) is 29.8 Å². The SMILES string of the molecule is CC1=Cc2ccccc2C1C(C)N(C)C. The Hall–Kier alpha value is -1.08. The molecule has 15 heavy (non-hydrogen) atoms. The number of hydrogen-bond donors (Lipinski definition) is 0. The molecule has 1 nitrogen and oxygen atoms in total. The fraction of sp³-hybridized carbons (Fsp3) is 0.429. The zero-order chi connectivity index (χ0) is 11.0. The van der Waals surface area contributed by atoms with Crippen LogP contribution in [0.2, 0.25) is 0 Å². The normalized spacial score (nSPS) is 21.4. The van der Waals surface area contributed by atoms with Gasteiger partial charge in [0, 0.05) is 12.0 Å². The number of benzene rings is 1. The van der Waals surface area contributed by atoms with Gasteiger partial charge >= 0.3 is 0 Å². The van der Waals surface area contributed by atoms with Crippen LogP contribution in [-0.2, 0) is 0 Å². The van der Waals surface area contributed by atoms with Crippen molar-refractivity contribution in [1.82, 2.24) is 4.90 Å². The van der Waals surface area contributed by atoms with Gasteiger partial charge in [0.1, 0.15) is 0 Å². The van der Waals surface area contributed by atoms with E-state index in [9.17, 15) is 0 Å². The molecule has 0 spiro atoms. The Labute approximate surface area is 92.4 Å². The summed E-state index contributed by atoms with van der Waals surface area (Å²) in [7, 11) is 4.30. The highest BCUT2D eigenvalue weighted by Gasteiger charge is 2.28. The van der Waals surface area contributed by atoms with Gasteiger partial charge in [-0.15, -0.1) is 0 Å². The lowest BCUT2D eigenvalue weighted by Gasteiger charge is -2.28. The molecule has 0 saturated carbocycles. The van der Waals surface area contributed by atoms with Crippen molar-refractivity contribution >= 4 is 6.08 Å². The van der Waals surface area contributed by atoms with Crippen molar-refractivity contribution in [2.75, 3.05) is 14.1 Å². The topological polar surface area (TPSA) is 3.24 Å². The highest BCUT2D eigenvalue weighted by Crippen LogP contribution is 2.39. The average molecular weight is 201 g/mol. The molecule has 2 atom stereocenters. The van der Waals surface area contributed by atoms with Gasteiger partial charge in [0.15, 0.2) is 0 Å². The molecule has 1 heteroatoms. The predicted octanol–water partition coefficient (Wildman–Crippen LogP) is 3.14. The van der Waals surface area contributed by atoms with Crippen LogP contribution in [0.3, 0.4) is 0 Å². The minimum absolute atomic E-state index is 0.560. The van der Waals surface area contributed by atoms with Crippen LogP contribution in [0.25, 0.3) is 6.08 Å². The van der Waals surface area contributed by atoms with Gasteiger partial charge in [-0.05, 0) is 39.1 Å². The number of likely N-dealkylation sites (N-methyl/N-ethyl adjacent to an activating group) is 1. The highest BCUT2D eigenvalue weighted by molar-refractivity contribution is 5.66. The molecule has 1 aromatic carbocycles. The van der Waals surface area contributed by atoms with E-state index in [1.165, 1.54) is 16.7 Å². The van der Waals surface area contributed by atoms with E-state index in [4.69, 9.17) is 0 Å². The minimum atomic E-state index is 0.560. The molecular weight excluding hydrogens is 182 g/mol. The fourth-order valence-corrected chi connectivity index (χ4v) is 2.44. The second kappa shape index (κ2) is 3.82. The van der Waals surface area contributed by atoms with Crippen LogP contribution in [0.5, 0.6) is 0 Å². The Morgan fingerprint density at radius 2 is 1.87 bits per heavy atom. The molecule has 1 aliphatic rings. The maximum absolute atomic E-state index is 2.32. The minimum Gasteiger partial charge on any atom is -0.306 e. The van der Waals surface area contributed by atoms with Gasteiger partial charge in [0.25, 0.3) is 0 Å². The third-order valence-electron chi connectivity index (χ3n) is 3.50. The van der Waals surface area contributed by atoms with Crippen molar-refractivity contribution in [3.8, 4) is 0 Å². The van der Waals surface area contributed by atoms with Gasteiger partial charge in [-0.25, -0.2) is 0 Å². The van der Waals surface area contributed by atoms with Crippen molar-refractivity contribution in [3.63, 3.8) is 0 Å². The second-order valence-electron chi connectivity index (χ2n) is 4.70. The summed E-state index contributed by atoms with van der Waals surface area (Å²) < 4.78 is 0. The van der Waals surface area contributed by atoms with E-state index in [-0.39, 0.29) is 0 Å². The summed E-state index contributed by atoms with van der Waals surface area (Å²) in [6.45, 7) is 4.54. The third-order valence-corrected chi connectivity index (χ3v) is 3.50. The van der Waals surface area contributed by atoms with Gasteiger partial charge in [-0.3, -0.25) is 0 Å². The molecule has 0 aliphatic heterocycles. The van der Waals surface area contributed by atoms with Gasteiger partial charge in [-0.1, -0.05) is 35.9 Å². The Morgan fingerprint density at radius 1 is 1.20 bits per heavy atom. The van der Waals surface area contributed by atoms with Gasteiger partial charge < -0.3 is 4.90 Å². The number of rotatable bonds is 2. The molecule has 1 aliphatic carbocycles. The molecule has 2 unspecified atom stereocenters. The molecule has 80 valence electrons. The molecule has 0 radical (unpaired) electrons. The fourth-order valence-electron chi connectivity index (χ4n) is 2.44. The first-order valence-corrected chi connectivity index (χ1v) is 5.55. The van der Waals surface area contributed by atoms with Crippen LogP contribution in [0.1, 0.15) is 30.9 Å². The van der Waals surface area contributed by atoms with Crippen LogP contribution in [0.4, 0.5) is 0 Å². The quantitative estimate of drug-likeness (QED) is 0.710. The van der Waals surface area contributed by atoms with Crippen molar-refractivity contribution < 1.29 is 0 Å². The molecule has 0 amide bonds. The zero-order valence-corrected chi connectivity index (χ0v) is 9.99. The van der Waals surface area contributed by atoms with Crippen molar-refractivity contribution in [2.45, 2.75) is 25.8 Å². The van der Waals surface area contributed by atoms with E-state index in [0.717, 1.165) is 0 Å². The van der Waals surface area contributed by atoms with E-state index in [2.05, 4.69) is 63.2 Å². The zero-order valence-electron chi connectivity index (χ0n) is 9.99. The van der Waals surface area contributed by atoms with Crippen LogP contribution >= 0.6 is 0 Å². The summed E-state index contributed by atoms with van der Waals surface area (Å²) in [4.78, 5) is 2.30. The number of fused-ring (bicyclic) bond motifs is 1. The maximum atomic E-state index is 2.32. The largest absolute Gasteiger partial charge is 0.306 e. The lowest BCUT2D eigenvalue weighted by molar-refractivity contribution is 0.289. The van der Waals surface area contributed by atoms with E-state index in [0.29, 0.717) is 12.0 Å². The average Bonchev–Trinajstić information content (AvgIpc) is 2.52. The molecule has 1 aromatic rings. The van der Waals surface area contributed by atoms with Crippen molar-refractivity contribution in [3.05, 3.63) is 41.0 Å². The Balaban J connectivity index is 2.39. The van der Waals surface area contributed by atoms with E-state index in [1.54, 1.807) is 0 Å². The van der Waals surface area contributed by atoms with Crippen LogP contribution in [0, 0.1) is 0 Å². The monoisotopic (exact) mass is 201 g/mol. The molecular formula is C14H19N. The van der Waals surface area contributed by atoms with E-state index >= 15 is 0 Å². The van der Waals surface area contributed by atoms with Crippen LogP contribution in [-0.4, -0.2) is 25.0 Å². The molecule has 0 heterocycles. The first kappa shape index (κ1) is 10.4. The molecule has 0 N–H and O–H groups in total. The standard InChI is InChI=1S/C14H19N/c1-10-9-12-7-5-6-8-13(12)14(10)11(2)15(3)4/h5-9,11,14H,1-4H3. The van der Waals surface area contributed by atoms with Crippen LogP contribution < -0.4 is 0 Å². The molecule has 0 bridgehead atoms. The summed E-state index contributed by atoms with van der Waals surface area (Å²) >= 11 is 0. The summed E-state index contributed by atoms with van der Waals surface area (Å²) in [5.74, 6) is 0.566. The molecule has 0 saturated heterocycles. The van der Waals surface area contributed by atoms with E-state index in [1.807, 2.05) is 0 Å². The highest BCUT2D eigenvalue weighted by atomic mass is 15.1.